The quantitative estimate of drug-likeness (QED) is 0.710. The molecule has 4 N–H and O–H groups in total. The lowest BCUT2D eigenvalue weighted by molar-refractivity contribution is 0.0985. The van der Waals surface area contributed by atoms with Crippen LogP contribution in [-0.4, -0.2) is 5.91 Å². The number of anilines is 3. The summed E-state index contributed by atoms with van der Waals surface area (Å²) in [5.41, 5.74) is 16.5. The van der Waals surface area contributed by atoms with Gasteiger partial charge in [0.05, 0.1) is 17.9 Å². The monoisotopic (exact) mass is 331 g/mol. The molecule has 25 heavy (non-hydrogen) atoms. The van der Waals surface area contributed by atoms with Gasteiger partial charge in [-0.2, -0.15) is 0 Å². The van der Waals surface area contributed by atoms with Gasteiger partial charge in [0.15, 0.2) is 0 Å². The van der Waals surface area contributed by atoms with Crippen molar-refractivity contribution in [3.05, 3.63) is 89.5 Å². The van der Waals surface area contributed by atoms with Crippen LogP contribution in [0, 0.1) is 6.92 Å². The molecule has 0 aliphatic carbocycles. The van der Waals surface area contributed by atoms with Gasteiger partial charge in [-0.25, -0.2) is 0 Å². The zero-order valence-corrected chi connectivity index (χ0v) is 14.1. The van der Waals surface area contributed by atoms with E-state index in [2.05, 4.69) is 0 Å². The summed E-state index contributed by atoms with van der Waals surface area (Å²) in [7, 11) is 0. The van der Waals surface area contributed by atoms with Crippen LogP contribution in [0.15, 0.2) is 72.8 Å². The van der Waals surface area contributed by atoms with E-state index >= 15 is 0 Å². The predicted molar refractivity (Wildman–Crippen MR) is 103 cm³/mol. The van der Waals surface area contributed by atoms with Crippen molar-refractivity contribution in [3.63, 3.8) is 0 Å². The van der Waals surface area contributed by atoms with Crippen molar-refractivity contribution in [2.75, 3.05) is 16.4 Å². The second-order valence-corrected chi connectivity index (χ2v) is 6.06. The van der Waals surface area contributed by atoms with Crippen molar-refractivity contribution in [2.45, 2.75) is 13.5 Å². The van der Waals surface area contributed by atoms with Gasteiger partial charge < -0.3 is 16.4 Å². The molecular formula is C21H21N3O. The first-order chi connectivity index (χ1) is 12.0. The highest BCUT2D eigenvalue weighted by Crippen LogP contribution is 2.28. The Hall–Kier alpha value is -3.27. The third-order valence-corrected chi connectivity index (χ3v) is 4.04. The lowest BCUT2D eigenvalue weighted by Gasteiger charge is -2.25. The Morgan fingerprint density at radius 3 is 2.40 bits per heavy atom. The Morgan fingerprint density at radius 2 is 1.68 bits per heavy atom. The second-order valence-electron chi connectivity index (χ2n) is 6.06. The summed E-state index contributed by atoms with van der Waals surface area (Å²) >= 11 is 0. The van der Waals surface area contributed by atoms with Crippen LogP contribution in [0.1, 0.15) is 21.5 Å². The molecule has 3 aromatic rings. The summed E-state index contributed by atoms with van der Waals surface area (Å²) in [5, 5.41) is 0. The maximum atomic E-state index is 13.2. The fourth-order valence-electron chi connectivity index (χ4n) is 2.75. The molecule has 1 amide bonds. The first kappa shape index (κ1) is 16.6. The minimum Gasteiger partial charge on any atom is -0.399 e. The fraction of sp³-hybridized carbons (Fsp3) is 0.0952. The first-order valence-electron chi connectivity index (χ1n) is 8.12. The zero-order chi connectivity index (χ0) is 17.8. The van der Waals surface area contributed by atoms with Gasteiger partial charge in [0.25, 0.3) is 5.91 Å². The van der Waals surface area contributed by atoms with Gasteiger partial charge in [-0.3, -0.25) is 4.79 Å². The summed E-state index contributed by atoms with van der Waals surface area (Å²) in [4.78, 5) is 14.9. The number of nitrogen functional groups attached to an aromatic ring is 2. The molecule has 3 rings (SSSR count). The lowest BCUT2D eigenvalue weighted by Crippen LogP contribution is -2.31. The van der Waals surface area contributed by atoms with Crippen molar-refractivity contribution in [1.29, 1.82) is 0 Å². The number of nitrogens with zero attached hydrogens (tertiary/aromatic N) is 1. The van der Waals surface area contributed by atoms with E-state index in [1.165, 1.54) is 0 Å². The van der Waals surface area contributed by atoms with Crippen molar-refractivity contribution in [3.8, 4) is 0 Å². The normalized spacial score (nSPS) is 10.4. The molecular weight excluding hydrogens is 310 g/mol. The molecule has 0 spiro atoms. The van der Waals surface area contributed by atoms with E-state index in [0.717, 1.165) is 11.1 Å². The second kappa shape index (κ2) is 7.09. The highest BCUT2D eigenvalue weighted by atomic mass is 16.2. The van der Waals surface area contributed by atoms with E-state index in [0.29, 0.717) is 29.2 Å². The smallest absolute Gasteiger partial charge is 0.258 e. The number of rotatable bonds is 4. The standard InChI is InChI=1S/C21H21N3O/c1-15-10-11-19(23)20(12-15)24(14-16-6-3-2-4-7-16)21(25)17-8-5-9-18(22)13-17/h2-13H,14,22-23H2,1H3. The molecule has 0 atom stereocenters. The van der Waals surface area contributed by atoms with Gasteiger partial charge >= 0.3 is 0 Å². The van der Waals surface area contributed by atoms with E-state index in [1.54, 1.807) is 29.2 Å². The molecule has 4 nitrogen and oxygen atoms in total. The van der Waals surface area contributed by atoms with Crippen LogP contribution in [0.5, 0.6) is 0 Å². The number of carbonyl (C=O) groups is 1. The molecule has 4 heteroatoms. The summed E-state index contributed by atoms with van der Waals surface area (Å²) in [6.45, 7) is 2.41. The van der Waals surface area contributed by atoms with Crippen molar-refractivity contribution < 1.29 is 4.79 Å². The van der Waals surface area contributed by atoms with Crippen LogP contribution in [0.4, 0.5) is 17.1 Å². The van der Waals surface area contributed by atoms with Gasteiger partial charge in [-0.1, -0.05) is 42.5 Å². The van der Waals surface area contributed by atoms with Crippen LogP contribution >= 0.6 is 0 Å². The Morgan fingerprint density at radius 1 is 0.920 bits per heavy atom. The van der Waals surface area contributed by atoms with E-state index in [1.807, 2.05) is 55.5 Å². The lowest BCUT2D eigenvalue weighted by atomic mass is 10.1. The van der Waals surface area contributed by atoms with E-state index in [-0.39, 0.29) is 5.91 Å². The Labute approximate surface area is 147 Å². The summed E-state index contributed by atoms with van der Waals surface area (Å²) in [6, 6.07) is 22.5. The topological polar surface area (TPSA) is 72.3 Å². The summed E-state index contributed by atoms with van der Waals surface area (Å²) in [5.74, 6) is -0.131. The molecule has 3 aromatic carbocycles. The average molecular weight is 331 g/mol. The Balaban J connectivity index is 2.05. The summed E-state index contributed by atoms with van der Waals surface area (Å²) in [6.07, 6.45) is 0. The van der Waals surface area contributed by atoms with Crippen molar-refractivity contribution in [1.82, 2.24) is 0 Å². The average Bonchev–Trinajstić information content (AvgIpc) is 2.62. The molecule has 0 radical (unpaired) electrons. The molecule has 0 aliphatic rings. The van der Waals surface area contributed by atoms with Crippen LogP contribution < -0.4 is 16.4 Å². The van der Waals surface area contributed by atoms with E-state index in [4.69, 9.17) is 11.5 Å². The summed E-state index contributed by atoms with van der Waals surface area (Å²) < 4.78 is 0. The number of hydrogen-bond acceptors (Lipinski definition) is 3. The molecule has 0 unspecified atom stereocenters. The largest absolute Gasteiger partial charge is 0.399 e. The third kappa shape index (κ3) is 3.80. The van der Waals surface area contributed by atoms with Gasteiger partial charge in [0.1, 0.15) is 0 Å². The number of carbonyl (C=O) groups excluding carboxylic acids is 1. The number of benzene rings is 3. The van der Waals surface area contributed by atoms with Crippen LogP contribution in [0.25, 0.3) is 0 Å². The first-order valence-corrected chi connectivity index (χ1v) is 8.12. The van der Waals surface area contributed by atoms with Crippen molar-refractivity contribution in [2.24, 2.45) is 0 Å². The fourth-order valence-corrected chi connectivity index (χ4v) is 2.75. The molecule has 0 fully saturated rings. The number of hydrogen-bond donors (Lipinski definition) is 2. The molecule has 0 aromatic heterocycles. The highest BCUT2D eigenvalue weighted by Gasteiger charge is 2.20. The molecule has 0 bridgehead atoms. The van der Waals surface area contributed by atoms with Gasteiger partial charge in [-0.05, 0) is 48.4 Å². The van der Waals surface area contributed by atoms with E-state index < -0.39 is 0 Å². The molecule has 0 saturated heterocycles. The van der Waals surface area contributed by atoms with Crippen molar-refractivity contribution >= 4 is 23.0 Å². The maximum Gasteiger partial charge on any atom is 0.258 e. The number of amides is 1. The number of nitrogens with two attached hydrogens (primary N) is 2. The van der Waals surface area contributed by atoms with Crippen LogP contribution in [0.2, 0.25) is 0 Å². The zero-order valence-electron chi connectivity index (χ0n) is 14.1. The third-order valence-electron chi connectivity index (χ3n) is 4.04. The molecule has 0 heterocycles. The molecule has 0 saturated carbocycles. The number of aryl methyl sites for hydroxylation is 1. The van der Waals surface area contributed by atoms with E-state index in [9.17, 15) is 4.79 Å². The Kier molecular flexibility index (Phi) is 4.70. The van der Waals surface area contributed by atoms with Gasteiger partial charge in [0.2, 0.25) is 0 Å². The van der Waals surface area contributed by atoms with Gasteiger partial charge in [-0.15, -0.1) is 0 Å². The maximum absolute atomic E-state index is 13.2. The van der Waals surface area contributed by atoms with Gasteiger partial charge in [0, 0.05) is 11.3 Å². The molecule has 126 valence electrons. The minimum atomic E-state index is -0.131. The minimum absolute atomic E-state index is 0.131. The highest BCUT2D eigenvalue weighted by molar-refractivity contribution is 6.08. The molecule has 0 aliphatic heterocycles. The SMILES string of the molecule is Cc1ccc(N)c(N(Cc2ccccc2)C(=O)c2cccc(N)c2)c1. The van der Waals surface area contributed by atoms with Crippen LogP contribution in [-0.2, 0) is 6.54 Å². The Bertz CT molecular complexity index is 891. The van der Waals surface area contributed by atoms with Crippen LogP contribution in [0.3, 0.4) is 0 Å². The predicted octanol–water partition coefficient (Wildman–Crippen LogP) is 4.01.